The lowest BCUT2D eigenvalue weighted by Gasteiger charge is -2.24. The van der Waals surface area contributed by atoms with E-state index < -0.39 is 29.7 Å². The average Bonchev–Trinajstić information content (AvgIpc) is 2.90. The Morgan fingerprint density at radius 1 is 1.16 bits per heavy atom. The van der Waals surface area contributed by atoms with Crippen molar-refractivity contribution in [3.05, 3.63) is 50.7 Å². The molecule has 13 heteroatoms. The van der Waals surface area contributed by atoms with Crippen molar-refractivity contribution in [2.24, 2.45) is 0 Å². The van der Waals surface area contributed by atoms with E-state index in [0.717, 1.165) is 23.1 Å². The number of esters is 1. The first-order chi connectivity index (χ1) is 18.2. The number of hydrogen-bond donors (Lipinski definition) is 3. The van der Waals surface area contributed by atoms with Gasteiger partial charge in [0, 0.05) is 31.6 Å². The number of benzene rings is 1. The van der Waals surface area contributed by atoms with Crippen molar-refractivity contribution in [1.82, 2.24) is 14.9 Å². The maximum atomic E-state index is 13.2. The highest BCUT2D eigenvalue weighted by molar-refractivity contribution is 8.00. The number of H-pyrrole nitrogens is 1. The molecule has 2 rings (SSSR count). The normalized spacial score (nSPS) is 10.7. The van der Waals surface area contributed by atoms with Gasteiger partial charge in [0.1, 0.15) is 5.82 Å². The minimum atomic E-state index is -0.791. The molecule has 0 aliphatic heterocycles. The molecule has 2 amide bonds. The molecule has 38 heavy (non-hydrogen) atoms. The Morgan fingerprint density at radius 2 is 1.89 bits per heavy atom. The fraction of sp³-hybridized carbons (Fsp3) is 0.480. The van der Waals surface area contributed by atoms with Crippen LogP contribution < -0.4 is 27.2 Å². The standard InChI is InChI=1S/C25H35N5O7S/c1-4-6-13-29(21-22(26)30(12-5-2)25(35)28-23(21)33)20(32)15-37-24(34)17-9-7-8-10-18(17)38-16-19(31)27-11-14-36-3/h7-10H,4-6,11-16,26H2,1-3H3,(H,27,31)(H,28,33,35). The van der Waals surface area contributed by atoms with Gasteiger partial charge in [-0.2, -0.15) is 0 Å². The van der Waals surface area contributed by atoms with Gasteiger partial charge in [-0.05, 0) is 25.0 Å². The molecule has 0 saturated heterocycles. The van der Waals surface area contributed by atoms with E-state index in [9.17, 15) is 24.0 Å². The monoisotopic (exact) mass is 549 g/mol. The molecule has 0 spiro atoms. The van der Waals surface area contributed by atoms with Crippen molar-refractivity contribution in [3.63, 3.8) is 0 Å². The maximum absolute atomic E-state index is 13.2. The van der Waals surface area contributed by atoms with Gasteiger partial charge in [0.15, 0.2) is 12.3 Å². The number of unbranched alkanes of at least 4 members (excludes halogenated alkanes) is 1. The smallest absolute Gasteiger partial charge is 0.339 e. The zero-order chi connectivity index (χ0) is 28.1. The summed E-state index contributed by atoms with van der Waals surface area (Å²) in [5.41, 5.74) is 4.74. The van der Waals surface area contributed by atoms with Crippen LogP contribution in [0.2, 0.25) is 0 Å². The summed E-state index contributed by atoms with van der Waals surface area (Å²) in [5.74, 6) is -1.68. The fourth-order valence-electron chi connectivity index (χ4n) is 3.49. The van der Waals surface area contributed by atoms with Crippen LogP contribution in [0.25, 0.3) is 0 Å². The molecule has 1 aromatic heterocycles. The highest BCUT2D eigenvalue weighted by Crippen LogP contribution is 2.23. The largest absolute Gasteiger partial charge is 0.452 e. The van der Waals surface area contributed by atoms with Gasteiger partial charge in [-0.25, -0.2) is 9.59 Å². The third kappa shape index (κ3) is 8.48. The van der Waals surface area contributed by atoms with Crippen LogP contribution in [0.3, 0.4) is 0 Å². The number of methoxy groups -OCH3 is 1. The fourth-order valence-corrected chi connectivity index (χ4v) is 4.36. The molecule has 1 aromatic carbocycles. The predicted octanol–water partition coefficient (Wildman–Crippen LogP) is 1.37. The molecule has 0 aliphatic rings. The highest BCUT2D eigenvalue weighted by Gasteiger charge is 2.25. The van der Waals surface area contributed by atoms with Gasteiger partial charge < -0.3 is 25.4 Å². The first-order valence-electron chi connectivity index (χ1n) is 12.3. The highest BCUT2D eigenvalue weighted by atomic mass is 32.2. The van der Waals surface area contributed by atoms with Crippen LogP contribution in [0.5, 0.6) is 0 Å². The molecule has 0 atom stereocenters. The molecule has 4 N–H and O–H groups in total. The second kappa shape index (κ2) is 15.6. The number of aromatic amines is 1. The van der Waals surface area contributed by atoms with E-state index in [4.69, 9.17) is 15.2 Å². The summed E-state index contributed by atoms with van der Waals surface area (Å²) in [6, 6.07) is 6.58. The molecule has 0 aliphatic carbocycles. The third-order valence-electron chi connectivity index (χ3n) is 5.39. The van der Waals surface area contributed by atoms with Gasteiger partial charge in [0.2, 0.25) is 5.91 Å². The van der Waals surface area contributed by atoms with Crippen molar-refractivity contribution < 1.29 is 23.9 Å². The van der Waals surface area contributed by atoms with E-state index in [-0.39, 0.29) is 41.8 Å². The zero-order valence-electron chi connectivity index (χ0n) is 21.9. The SMILES string of the molecule is CCCCN(C(=O)COC(=O)c1ccccc1SCC(=O)NCCOC)c1c(N)n(CCC)c(=O)[nH]c1=O. The first-order valence-corrected chi connectivity index (χ1v) is 13.3. The second-order valence-corrected chi connectivity index (χ2v) is 9.26. The topological polar surface area (TPSA) is 166 Å². The number of aromatic nitrogens is 2. The Bertz CT molecular complexity index is 1230. The number of hydrogen-bond acceptors (Lipinski definition) is 9. The number of nitrogen functional groups attached to an aromatic ring is 1. The van der Waals surface area contributed by atoms with E-state index in [0.29, 0.717) is 30.9 Å². The summed E-state index contributed by atoms with van der Waals surface area (Å²) >= 11 is 1.16. The number of nitrogens with two attached hydrogens (primary N) is 1. The molecule has 12 nitrogen and oxygen atoms in total. The lowest BCUT2D eigenvalue weighted by Crippen LogP contribution is -2.43. The first kappa shape index (κ1) is 30.6. The molecule has 2 aromatic rings. The third-order valence-corrected chi connectivity index (χ3v) is 6.46. The van der Waals surface area contributed by atoms with Crippen LogP contribution in [-0.2, 0) is 25.6 Å². The summed E-state index contributed by atoms with van der Waals surface area (Å²) in [6.45, 7) is 4.29. The quantitative estimate of drug-likeness (QED) is 0.169. The number of thioether (sulfide) groups is 1. The van der Waals surface area contributed by atoms with E-state index in [1.54, 1.807) is 18.2 Å². The van der Waals surface area contributed by atoms with E-state index >= 15 is 0 Å². The van der Waals surface area contributed by atoms with Crippen LogP contribution in [-0.4, -0.2) is 66.5 Å². The lowest BCUT2D eigenvalue weighted by atomic mass is 10.2. The summed E-state index contributed by atoms with van der Waals surface area (Å²) in [4.78, 5) is 66.7. The molecule has 0 saturated carbocycles. The van der Waals surface area contributed by atoms with Crippen LogP contribution in [0.4, 0.5) is 11.5 Å². The van der Waals surface area contributed by atoms with Crippen LogP contribution in [0.1, 0.15) is 43.5 Å². The van der Waals surface area contributed by atoms with Gasteiger partial charge in [0.25, 0.3) is 11.5 Å². The molecular formula is C25H35N5O7S. The Balaban J connectivity index is 2.18. The number of carbonyl (C=O) groups is 3. The molecule has 0 bridgehead atoms. The number of carbonyl (C=O) groups excluding carboxylic acids is 3. The number of nitrogens with one attached hydrogen (secondary N) is 2. The zero-order valence-corrected chi connectivity index (χ0v) is 22.7. The van der Waals surface area contributed by atoms with Gasteiger partial charge in [-0.1, -0.05) is 32.4 Å². The number of rotatable bonds is 15. The summed E-state index contributed by atoms with van der Waals surface area (Å²) < 4.78 is 11.4. The molecule has 0 fully saturated rings. The molecule has 0 radical (unpaired) electrons. The molecule has 1 heterocycles. The van der Waals surface area contributed by atoms with Gasteiger partial charge in [0.05, 0.1) is 17.9 Å². The lowest BCUT2D eigenvalue weighted by molar-refractivity contribution is -0.121. The Labute approximate surface area is 224 Å². The average molecular weight is 550 g/mol. The van der Waals surface area contributed by atoms with Crippen LogP contribution in [0, 0.1) is 0 Å². The number of amides is 2. The Hall–Kier alpha value is -3.58. The number of ether oxygens (including phenoxy) is 2. The molecule has 208 valence electrons. The van der Waals surface area contributed by atoms with Crippen LogP contribution >= 0.6 is 11.8 Å². The van der Waals surface area contributed by atoms with E-state index in [1.165, 1.54) is 17.7 Å². The Morgan fingerprint density at radius 3 is 2.58 bits per heavy atom. The second-order valence-electron chi connectivity index (χ2n) is 8.25. The van der Waals surface area contributed by atoms with E-state index in [1.807, 2.05) is 13.8 Å². The minimum absolute atomic E-state index is 0.0766. The van der Waals surface area contributed by atoms with Crippen molar-refractivity contribution >= 4 is 41.1 Å². The predicted molar refractivity (Wildman–Crippen MR) is 146 cm³/mol. The molecule has 0 unspecified atom stereocenters. The van der Waals surface area contributed by atoms with Crippen molar-refractivity contribution in [1.29, 1.82) is 0 Å². The van der Waals surface area contributed by atoms with Gasteiger partial charge in [-0.15, -0.1) is 11.8 Å². The van der Waals surface area contributed by atoms with Crippen molar-refractivity contribution in [2.45, 2.75) is 44.6 Å². The summed E-state index contributed by atoms with van der Waals surface area (Å²) in [5, 5.41) is 2.70. The number of nitrogens with zero attached hydrogens (tertiary/aromatic N) is 2. The van der Waals surface area contributed by atoms with Crippen LogP contribution in [0.15, 0.2) is 38.8 Å². The summed E-state index contributed by atoms with van der Waals surface area (Å²) in [6.07, 6.45) is 1.86. The van der Waals surface area contributed by atoms with Crippen molar-refractivity contribution in [2.75, 3.05) is 49.8 Å². The van der Waals surface area contributed by atoms with Crippen molar-refractivity contribution in [3.8, 4) is 0 Å². The summed E-state index contributed by atoms with van der Waals surface area (Å²) in [7, 11) is 1.54. The van der Waals surface area contributed by atoms with Gasteiger partial charge >= 0.3 is 11.7 Å². The van der Waals surface area contributed by atoms with Gasteiger partial charge in [-0.3, -0.25) is 23.9 Å². The minimum Gasteiger partial charge on any atom is -0.452 e. The maximum Gasteiger partial charge on any atom is 0.339 e. The Kier molecular flexibility index (Phi) is 12.6. The van der Waals surface area contributed by atoms with E-state index in [2.05, 4.69) is 10.3 Å². The number of anilines is 2. The molecular weight excluding hydrogens is 514 g/mol.